The molecule has 0 aliphatic carbocycles. The van der Waals surface area contributed by atoms with Crippen LogP contribution in [0, 0.1) is 0 Å². The molecule has 33 heavy (non-hydrogen) atoms. The Morgan fingerprint density at radius 2 is 1.91 bits per heavy atom. The number of hydrogen-bond acceptors (Lipinski definition) is 7. The summed E-state index contributed by atoms with van der Waals surface area (Å²) in [5, 5.41) is 9.01. The molecule has 8 nitrogen and oxygen atoms in total. The fourth-order valence-corrected chi connectivity index (χ4v) is 4.07. The van der Waals surface area contributed by atoms with E-state index >= 15 is 0 Å². The van der Waals surface area contributed by atoms with E-state index in [4.69, 9.17) is 14.5 Å². The molecular weight excluding hydrogens is 438 g/mol. The van der Waals surface area contributed by atoms with Gasteiger partial charge in [-0.15, -0.1) is 11.8 Å². The zero-order valence-corrected chi connectivity index (χ0v) is 19.3. The van der Waals surface area contributed by atoms with Crippen LogP contribution in [0.4, 0.5) is 5.69 Å². The van der Waals surface area contributed by atoms with Crippen molar-refractivity contribution in [1.82, 2.24) is 19.7 Å². The average molecular weight is 462 g/mol. The Bertz CT molecular complexity index is 1330. The van der Waals surface area contributed by atoms with Crippen molar-refractivity contribution in [3.8, 4) is 22.8 Å². The molecule has 4 aromatic rings. The Hall–Kier alpha value is -3.59. The van der Waals surface area contributed by atoms with Gasteiger partial charge in [0, 0.05) is 11.6 Å². The molecule has 168 valence electrons. The lowest BCUT2D eigenvalue weighted by atomic mass is 10.1. The minimum Gasteiger partial charge on any atom is -0.486 e. The molecule has 1 N–H and O–H groups in total. The highest BCUT2D eigenvalue weighted by Gasteiger charge is 2.20. The van der Waals surface area contributed by atoms with Crippen LogP contribution in [0.25, 0.3) is 22.3 Å². The lowest BCUT2D eigenvalue weighted by molar-refractivity contribution is 0.102. The van der Waals surface area contributed by atoms with Gasteiger partial charge in [-0.05, 0) is 56.5 Å². The SMILES string of the molecule is CSc1ccc(NC(=O)c2cc(-c3ccc4c(c3)OCCO4)nc3c2cnn3C(C)C)cn1. The number of benzene rings is 1. The fourth-order valence-electron chi connectivity index (χ4n) is 3.71. The summed E-state index contributed by atoms with van der Waals surface area (Å²) in [5.74, 6) is 1.13. The van der Waals surface area contributed by atoms with Crippen molar-refractivity contribution in [2.24, 2.45) is 0 Å². The summed E-state index contributed by atoms with van der Waals surface area (Å²) in [4.78, 5) is 22.5. The summed E-state index contributed by atoms with van der Waals surface area (Å²) >= 11 is 1.55. The van der Waals surface area contributed by atoms with Gasteiger partial charge in [-0.2, -0.15) is 5.10 Å². The summed E-state index contributed by atoms with van der Waals surface area (Å²) in [5.41, 5.74) is 3.25. The molecule has 0 spiro atoms. The number of thioether (sulfide) groups is 1. The number of nitrogens with zero attached hydrogens (tertiary/aromatic N) is 4. The number of aromatic nitrogens is 4. The molecule has 1 aliphatic heterocycles. The summed E-state index contributed by atoms with van der Waals surface area (Å²) in [7, 11) is 0. The largest absolute Gasteiger partial charge is 0.486 e. The van der Waals surface area contributed by atoms with Crippen molar-refractivity contribution < 1.29 is 14.3 Å². The highest BCUT2D eigenvalue weighted by atomic mass is 32.2. The van der Waals surface area contributed by atoms with E-state index in [1.165, 1.54) is 0 Å². The van der Waals surface area contributed by atoms with Crippen LogP contribution in [0.1, 0.15) is 30.2 Å². The number of carbonyl (C=O) groups excluding carboxylic acids is 1. The van der Waals surface area contributed by atoms with E-state index < -0.39 is 0 Å². The first kappa shape index (κ1) is 21.3. The number of rotatable bonds is 5. The molecule has 0 saturated carbocycles. The van der Waals surface area contributed by atoms with Gasteiger partial charge in [-0.3, -0.25) is 4.79 Å². The number of fused-ring (bicyclic) bond motifs is 2. The molecule has 1 aromatic carbocycles. The Morgan fingerprint density at radius 1 is 1.09 bits per heavy atom. The summed E-state index contributed by atoms with van der Waals surface area (Å²) in [6, 6.07) is 11.3. The molecule has 0 radical (unpaired) electrons. The minimum absolute atomic E-state index is 0.0877. The first-order valence-electron chi connectivity index (χ1n) is 10.6. The van der Waals surface area contributed by atoms with Crippen LogP contribution in [0.5, 0.6) is 11.5 Å². The number of pyridine rings is 2. The summed E-state index contributed by atoms with van der Waals surface area (Å²) in [6.07, 6.45) is 5.31. The van der Waals surface area contributed by atoms with E-state index in [1.807, 2.05) is 55.1 Å². The molecule has 3 aromatic heterocycles. The number of amides is 1. The zero-order chi connectivity index (χ0) is 22.9. The maximum absolute atomic E-state index is 13.3. The second-order valence-electron chi connectivity index (χ2n) is 7.88. The standard InChI is InChI=1S/C24H23N5O3S/c1-14(2)29-23-18(13-26-29)17(24(30)27-16-5-7-22(33-3)25-12-16)11-19(28-23)15-4-6-20-21(10-15)32-9-8-31-20/h4-7,10-14H,8-9H2,1-3H3,(H,27,30). The van der Waals surface area contributed by atoms with Gasteiger partial charge in [0.15, 0.2) is 17.1 Å². The van der Waals surface area contributed by atoms with E-state index in [1.54, 1.807) is 30.2 Å². The second kappa shape index (κ2) is 8.74. The number of hydrogen-bond donors (Lipinski definition) is 1. The lowest BCUT2D eigenvalue weighted by Crippen LogP contribution is -2.15. The van der Waals surface area contributed by atoms with Crippen molar-refractivity contribution in [3.63, 3.8) is 0 Å². The van der Waals surface area contributed by atoms with Gasteiger partial charge in [0.25, 0.3) is 5.91 Å². The van der Waals surface area contributed by atoms with Crippen molar-refractivity contribution in [1.29, 1.82) is 0 Å². The topological polar surface area (TPSA) is 91.2 Å². The maximum atomic E-state index is 13.3. The van der Waals surface area contributed by atoms with E-state index in [2.05, 4.69) is 15.4 Å². The van der Waals surface area contributed by atoms with Gasteiger partial charge in [-0.25, -0.2) is 14.6 Å². The van der Waals surface area contributed by atoms with E-state index in [-0.39, 0.29) is 11.9 Å². The molecule has 0 fully saturated rings. The Morgan fingerprint density at radius 3 is 2.64 bits per heavy atom. The summed E-state index contributed by atoms with van der Waals surface area (Å²) in [6.45, 7) is 5.09. The lowest BCUT2D eigenvalue weighted by Gasteiger charge is -2.19. The van der Waals surface area contributed by atoms with Crippen molar-refractivity contribution in [2.75, 3.05) is 24.8 Å². The second-order valence-corrected chi connectivity index (χ2v) is 8.70. The van der Waals surface area contributed by atoms with Gasteiger partial charge >= 0.3 is 0 Å². The van der Waals surface area contributed by atoms with Crippen molar-refractivity contribution >= 4 is 34.4 Å². The van der Waals surface area contributed by atoms with Crippen LogP contribution < -0.4 is 14.8 Å². The molecule has 0 saturated heterocycles. The van der Waals surface area contributed by atoms with E-state index in [9.17, 15) is 4.79 Å². The van der Waals surface area contributed by atoms with Gasteiger partial charge in [0.1, 0.15) is 13.2 Å². The Labute approximate surface area is 195 Å². The molecule has 4 heterocycles. The highest BCUT2D eigenvalue weighted by molar-refractivity contribution is 7.98. The first-order valence-corrected chi connectivity index (χ1v) is 11.9. The highest BCUT2D eigenvalue weighted by Crippen LogP contribution is 2.35. The number of carbonyl (C=O) groups is 1. The van der Waals surface area contributed by atoms with Gasteiger partial charge in [-0.1, -0.05) is 0 Å². The fraction of sp³-hybridized carbons (Fsp3) is 0.250. The molecular formula is C24H23N5O3S. The molecule has 0 bridgehead atoms. The van der Waals surface area contributed by atoms with Crippen LogP contribution in [-0.2, 0) is 0 Å². The Balaban J connectivity index is 1.59. The van der Waals surface area contributed by atoms with Crippen LogP contribution in [-0.4, -0.2) is 45.1 Å². The van der Waals surface area contributed by atoms with Gasteiger partial charge < -0.3 is 14.8 Å². The molecule has 1 amide bonds. The van der Waals surface area contributed by atoms with E-state index in [0.717, 1.165) is 10.6 Å². The average Bonchev–Trinajstić information content (AvgIpc) is 3.28. The van der Waals surface area contributed by atoms with Gasteiger partial charge in [0.2, 0.25) is 0 Å². The smallest absolute Gasteiger partial charge is 0.256 e. The third kappa shape index (κ3) is 4.11. The molecule has 0 unspecified atom stereocenters. The first-order chi connectivity index (χ1) is 16.0. The van der Waals surface area contributed by atoms with Crippen LogP contribution in [0.15, 0.2) is 53.8 Å². The minimum atomic E-state index is -0.247. The maximum Gasteiger partial charge on any atom is 0.256 e. The third-order valence-corrected chi connectivity index (χ3v) is 6.00. The predicted molar refractivity (Wildman–Crippen MR) is 128 cm³/mol. The monoisotopic (exact) mass is 461 g/mol. The molecule has 0 atom stereocenters. The van der Waals surface area contributed by atoms with Crippen molar-refractivity contribution in [2.45, 2.75) is 24.9 Å². The quantitative estimate of drug-likeness (QED) is 0.426. The Kier molecular flexibility index (Phi) is 5.63. The zero-order valence-electron chi connectivity index (χ0n) is 18.5. The summed E-state index contributed by atoms with van der Waals surface area (Å²) < 4.78 is 13.2. The van der Waals surface area contributed by atoms with Crippen molar-refractivity contribution in [3.05, 3.63) is 54.4 Å². The molecule has 1 aliphatic rings. The number of ether oxygens (including phenoxy) is 2. The van der Waals surface area contributed by atoms with Crippen LogP contribution >= 0.6 is 11.8 Å². The molecule has 5 rings (SSSR count). The third-order valence-electron chi connectivity index (χ3n) is 5.34. The van der Waals surface area contributed by atoms with Crippen LogP contribution in [0.2, 0.25) is 0 Å². The van der Waals surface area contributed by atoms with Crippen LogP contribution in [0.3, 0.4) is 0 Å². The normalized spacial score (nSPS) is 12.8. The number of anilines is 1. The number of nitrogens with one attached hydrogen (secondary N) is 1. The van der Waals surface area contributed by atoms with E-state index in [0.29, 0.717) is 52.7 Å². The van der Waals surface area contributed by atoms with Gasteiger partial charge in [0.05, 0.1) is 39.8 Å². The predicted octanol–water partition coefficient (Wildman–Crippen LogP) is 4.82. The molecule has 9 heteroatoms.